The van der Waals surface area contributed by atoms with Gasteiger partial charge in [0, 0.05) is 30.1 Å². The molecule has 0 aromatic carbocycles. The molecule has 0 radical (unpaired) electrons. The van der Waals surface area contributed by atoms with E-state index in [1.54, 1.807) is 19.2 Å². The van der Waals surface area contributed by atoms with Crippen molar-refractivity contribution in [2.75, 3.05) is 6.54 Å². The van der Waals surface area contributed by atoms with E-state index in [1.165, 1.54) is 6.07 Å². The number of carbonyl (C=O) groups excluding carboxylic acids is 1. The highest BCUT2D eigenvalue weighted by atomic mass is 16.5. The molecule has 0 bridgehead atoms. The highest BCUT2D eigenvalue weighted by molar-refractivity contribution is 5.92. The topological polar surface area (TPSA) is 127 Å². The van der Waals surface area contributed by atoms with Crippen molar-refractivity contribution < 1.29 is 14.1 Å². The van der Waals surface area contributed by atoms with Gasteiger partial charge < -0.3 is 14.6 Å². The van der Waals surface area contributed by atoms with E-state index in [0.717, 1.165) is 16.8 Å². The van der Waals surface area contributed by atoms with Gasteiger partial charge in [0.15, 0.2) is 5.69 Å². The molecule has 0 fully saturated rings. The summed E-state index contributed by atoms with van der Waals surface area (Å²) in [6.45, 7) is 4.16. The van der Waals surface area contributed by atoms with Gasteiger partial charge in [-0.15, -0.1) is 10.2 Å². The lowest BCUT2D eigenvalue weighted by Crippen LogP contribution is -2.25. The number of amides is 1. The SMILES string of the molecule is Cc1ccc(-c2noc(C)c2COc2ccc(C(=O)NCCC#N)nn2)cn1. The van der Waals surface area contributed by atoms with Crippen LogP contribution in [0.2, 0.25) is 0 Å². The number of carbonyl (C=O) groups is 1. The third kappa shape index (κ3) is 4.48. The molecule has 3 aromatic heterocycles. The van der Waals surface area contributed by atoms with Gasteiger partial charge in [-0.2, -0.15) is 5.26 Å². The summed E-state index contributed by atoms with van der Waals surface area (Å²) in [4.78, 5) is 16.1. The zero-order chi connectivity index (χ0) is 19.9. The predicted octanol–water partition coefficient (Wildman–Crippen LogP) is 2.37. The van der Waals surface area contributed by atoms with Crippen molar-refractivity contribution in [3.63, 3.8) is 0 Å². The zero-order valence-electron chi connectivity index (χ0n) is 15.5. The Bertz CT molecular complexity index is 990. The highest BCUT2D eigenvalue weighted by Crippen LogP contribution is 2.25. The molecule has 0 aliphatic heterocycles. The molecule has 0 saturated carbocycles. The second-order valence-corrected chi connectivity index (χ2v) is 5.96. The van der Waals surface area contributed by atoms with Crippen molar-refractivity contribution in [2.24, 2.45) is 0 Å². The third-order valence-electron chi connectivity index (χ3n) is 3.93. The van der Waals surface area contributed by atoms with E-state index < -0.39 is 5.91 Å². The van der Waals surface area contributed by atoms with Crippen molar-refractivity contribution in [3.8, 4) is 23.2 Å². The fraction of sp³-hybridized carbons (Fsp3) is 0.263. The van der Waals surface area contributed by atoms with Gasteiger partial charge in [0.1, 0.15) is 18.1 Å². The second-order valence-electron chi connectivity index (χ2n) is 5.96. The van der Waals surface area contributed by atoms with Crippen molar-refractivity contribution in [1.29, 1.82) is 5.26 Å². The fourth-order valence-corrected chi connectivity index (χ4v) is 2.38. The molecule has 1 N–H and O–H groups in total. The fourth-order valence-electron chi connectivity index (χ4n) is 2.38. The first-order valence-corrected chi connectivity index (χ1v) is 8.58. The minimum absolute atomic E-state index is 0.151. The Hall–Kier alpha value is -3.80. The summed E-state index contributed by atoms with van der Waals surface area (Å²) in [7, 11) is 0. The number of rotatable bonds is 7. The maximum absolute atomic E-state index is 11.9. The lowest BCUT2D eigenvalue weighted by Gasteiger charge is -2.06. The monoisotopic (exact) mass is 378 g/mol. The molecule has 3 rings (SSSR count). The van der Waals surface area contributed by atoms with Gasteiger partial charge in [-0.25, -0.2) is 0 Å². The molecule has 9 heteroatoms. The quantitative estimate of drug-likeness (QED) is 0.621. The maximum atomic E-state index is 11.9. The minimum Gasteiger partial charge on any atom is -0.472 e. The van der Waals surface area contributed by atoms with Crippen LogP contribution in [0.1, 0.15) is 33.9 Å². The molecule has 28 heavy (non-hydrogen) atoms. The number of hydrogen-bond acceptors (Lipinski definition) is 8. The van der Waals surface area contributed by atoms with Gasteiger partial charge in [-0.1, -0.05) is 5.16 Å². The van der Waals surface area contributed by atoms with E-state index in [1.807, 2.05) is 25.1 Å². The van der Waals surface area contributed by atoms with Crippen LogP contribution in [0.25, 0.3) is 11.3 Å². The van der Waals surface area contributed by atoms with Gasteiger partial charge in [-0.05, 0) is 32.0 Å². The molecule has 0 aliphatic rings. The van der Waals surface area contributed by atoms with Crippen LogP contribution >= 0.6 is 0 Å². The Labute approximate surface area is 161 Å². The zero-order valence-corrected chi connectivity index (χ0v) is 15.5. The van der Waals surface area contributed by atoms with E-state index in [4.69, 9.17) is 14.5 Å². The Morgan fingerprint density at radius 1 is 1.25 bits per heavy atom. The molecule has 0 spiro atoms. The molecule has 1 amide bonds. The van der Waals surface area contributed by atoms with Crippen LogP contribution in [0.15, 0.2) is 35.0 Å². The van der Waals surface area contributed by atoms with Crippen LogP contribution in [0.4, 0.5) is 0 Å². The normalized spacial score (nSPS) is 10.3. The second kappa shape index (κ2) is 8.73. The van der Waals surface area contributed by atoms with Crippen LogP contribution in [-0.2, 0) is 6.61 Å². The molecule has 0 atom stereocenters. The Kier molecular flexibility index (Phi) is 5.91. The molecule has 142 valence electrons. The van der Waals surface area contributed by atoms with Crippen LogP contribution in [-0.4, -0.2) is 32.8 Å². The van der Waals surface area contributed by atoms with E-state index in [-0.39, 0.29) is 31.1 Å². The number of aromatic nitrogens is 4. The summed E-state index contributed by atoms with van der Waals surface area (Å²) in [6, 6.07) is 8.83. The van der Waals surface area contributed by atoms with Crippen molar-refractivity contribution in [3.05, 3.63) is 53.2 Å². The van der Waals surface area contributed by atoms with Crippen LogP contribution in [0.3, 0.4) is 0 Å². The van der Waals surface area contributed by atoms with Gasteiger partial charge in [0.05, 0.1) is 18.1 Å². The molecular formula is C19H18N6O3. The molecule has 0 saturated heterocycles. The minimum atomic E-state index is -0.390. The standard InChI is InChI=1S/C19H18N6O3/c1-12-4-5-14(10-22-12)18-15(13(2)28-25-18)11-27-17-7-6-16(23-24-17)19(26)21-9-3-8-20/h4-7,10H,3,9,11H2,1-2H3,(H,21,26). The van der Waals surface area contributed by atoms with Gasteiger partial charge in [-0.3, -0.25) is 9.78 Å². The molecular weight excluding hydrogens is 360 g/mol. The van der Waals surface area contributed by atoms with Crippen LogP contribution in [0.5, 0.6) is 5.88 Å². The number of aryl methyl sites for hydroxylation is 2. The summed E-state index contributed by atoms with van der Waals surface area (Å²) in [5.74, 6) is 0.512. The Morgan fingerprint density at radius 3 is 2.79 bits per heavy atom. The molecule has 3 aromatic rings. The van der Waals surface area contributed by atoms with Crippen LogP contribution < -0.4 is 10.1 Å². The largest absolute Gasteiger partial charge is 0.472 e. The summed E-state index contributed by atoms with van der Waals surface area (Å²) in [5.41, 5.74) is 3.33. The van der Waals surface area contributed by atoms with Gasteiger partial charge >= 0.3 is 0 Å². The Balaban J connectivity index is 1.66. The van der Waals surface area contributed by atoms with E-state index in [2.05, 4.69) is 25.7 Å². The summed E-state index contributed by atoms with van der Waals surface area (Å²) in [5, 5.41) is 22.9. The maximum Gasteiger partial charge on any atom is 0.271 e. The smallest absolute Gasteiger partial charge is 0.271 e. The first kappa shape index (κ1) is 19.0. The molecule has 0 aliphatic carbocycles. The van der Waals surface area contributed by atoms with E-state index in [0.29, 0.717) is 11.5 Å². The number of hydrogen-bond donors (Lipinski definition) is 1. The summed E-state index contributed by atoms with van der Waals surface area (Å²) < 4.78 is 11.0. The lowest BCUT2D eigenvalue weighted by atomic mass is 10.1. The van der Waals surface area contributed by atoms with Crippen molar-refractivity contribution in [1.82, 2.24) is 25.7 Å². The predicted molar refractivity (Wildman–Crippen MR) is 98.1 cm³/mol. The average molecular weight is 378 g/mol. The number of pyridine rings is 1. The number of nitrogens with zero attached hydrogens (tertiary/aromatic N) is 5. The van der Waals surface area contributed by atoms with Gasteiger partial charge in [0.25, 0.3) is 5.91 Å². The number of ether oxygens (including phenoxy) is 1. The van der Waals surface area contributed by atoms with Gasteiger partial charge in [0.2, 0.25) is 5.88 Å². The number of nitrogens with one attached hydrogen (secondary N) is 1. The van der Waals surface area contributed by atoms with Crippen LogP contribution in [0, 0.1) is 25.2 Å². The van der Waals surface area contributed by atoms with E-state index in [9.17, 15) is 4.79 Å². The summed E-state index contributed by atoms with van der Waals surface area (Å²) >= 11 is 0. The molecule has 0 unspecified atom stereocenters. The number of nitriles is 1. The highest BCUT2D eigenvalue weighted by Gasteiger charge is 2.16. The molecule has 9 nitrogen and oxygen atoms in total. The van der Waals surface area contributed by atoms with Crippen molar-refractivity contribution >= 4 is 5.91 Å². The third-order valence-corrected chi connectivity index (χ3v) is 3.93. The first-order chi connectivity index (χ1) is 13.6. The first-order valence-electron chi connectivity index (χ1n) is 8.58. The Morgan fingerprint density at radius 2 is 2.11 bits per heavy atom. The lowest BCUT2D eigenvalue weighted by molar-refractivity contribution is 0.0948. The van der Waals surface area contributed by atoms with Crippen molar-refractivity contribution in [2.45, 2.75) is 26.9 Å². The molecule has 3 heterocycles. The van der Waals surface area contributed by atoms with E-state index >= 15 is 0 Å². The average Bonchev–Trinajstić information content (AvgIpc) is 3.08. The summed E-state index contributed by atoms with van der Waals surface area (Å²) in [6.07, 6.45) is 1.97.